The van der Waals surface area contributed by atoms with Crippen LogP contribution in [0.5, 0.6) is 5.75 Å². The predicted molar refractivity (Wildman–Crippen MR) is 144 cm³/mol. The molecule has 0 saturated carbocycles. The first kappa shape index (κ1) is 26.4. The Labute approximate surface area is 215 Å². The maximum Gasteiger partial charge on any atom is 0.130 e. The third kappa shape index (κ3) is 6.18. The molecule has 5 heteroatoms. The standard InChI is InChI=1S/C31H40F2N2O/c1-6-25-14-24(15-31-28(25)9-7-8-12-36-31)18-35(17-21(2)3)23(5)26-10-11-34(19-26)20-27-13-22(4)29(32)16-30(27)33/h6,13-16,21,26H,1,5,7-12,17-20H2,2-4H3/t26-/m1/s1. The van der Waals surface area contributed by atoms with Gasteiger partial charge in [-0.15, -0.1) is 0 Å². The molecular weight excluding hydrogens is 454 g/mol. The highest BCUT2D eigenvalue weighted by atomic mass is 19.1. The number of hydrogen-bond acceptors (Lipinski definition) is 3. The van der Waals surface area contributed by atoms with E-state index in [4.69, 9.17) is 4.74 Å². The van der Waals surface area contributed by atoms with Gasteiger partial charge in [0, 0.05) is 55.0 Å². The van der Waals surface area contributed by atoms with Gasteiger partial charge in [0.1, 0.15) is 17.4 Å². The van der Waals surface area contributed by atoms with Crippen LogP contribution in [0.25, 0.3) is 6.08 Å². The molecule has 0 bridgehead atoms. The second-order valence-electron chi connectivity index (χ2n) is 10.9. The summed E-state index contributed by atoms with van der Waals surface area (Å²) in [5.41, 5.74) is 5.84. The van der Waals surface area contributed by atoms with Gasteiger partial charge in [0.25, 0.3) is 0 Å². The van der Waals surface area contributed by atoms with Gasteiger partial charge in [0.2, 0.25) is 0 Å². The number of halogens is 2. The first-order valence-electron chi connectivity index (χ1n) is 13.3. The zero-order valence-corrected chi connectivity index (χ0v) is 22.1. The molecule has 36 heavy (non-hydrogen) atoms. The molecule has 2 heterocycles. The summed E-state index contributed by atoms with van der Waals surface area (Å²) in [7, 11) is 0. The summed E-state index contributed by atoms with van der Waals surface area (Å²) in [6.45, 7) is 19.4. The zero-order chi connectivity index (χ0) is 25.8. The molecule has 1 atom stereocenters. The fraction of sp³-hybridized carbons (Fsp3) is 0.484. The van der Waals surface area contributed by atoms with Gasteiger partial charge in [-0.05, 0) is 80.0 Å². The highest BCUT2D eigenvalue weighted by Crippen LogP contribution is 2.33. The van der Waals surface area contributed by atoms with E-state index in [1.807, 2.05) is 6.08 Å². The van der Waals surface area contributed by atoms with Gasteiger partial charge in [-0.25, -0.2) is 8.78 Å². The van der Waals surface area contributed by atoms with E-state index in [2.05, 4.69) is 48.9 Å². The Bertz CT molecular complexity index is 1110. The number of rotatable bonds is 9. The van der Waals surface area contributed by atoms with Crippen LogP contribution in [-0.4, -0.2) is 36.0 Å². The van der Waals surface area contributed by atoms with E-state index in [1.165, 1.54) is 16.7 Å². The summed E-state index contributed by atoms with van der Waals surface area (Å²) >= 11 is 0. The molecule has 2 aliphatic rings. The zero-order valence-electron chi connectivity index (χ0n) is 22.1. The number of benzene rings is 2. The summed E-state index contributed by atoms with van der Waals surface area (Å²) in [4.78, 5) is 4.66. The summed E-state index contributed by atoms with van der Waals surface area (Å²) in [6, 6.07) is 7.09. The Balaban J connectivity index is 1.48. The first-order valence-corrected chi connectivity index (χ1v) is 13.3. The van der Waals surface area contributed by atoms with Gasteiger partial charge in [-0.1, -0.05) is 33.1 Å². The molecule has 0 amide bonds. The Morgan fingerprint density at radius 1 is 1.19 bits per heavy atom. The van der Waals surface area contributed by atoms with Gasteiger partial charge in [-0.3, -0.25) is 4.90 Å². The Kier molecular flexibility index (Phi) is 8.50. The van der Waals surface area contributed by atoms with Crippen LogP contribution < -0.4 is 4.74 Å². The minimum Gasteiger partial charge on any atom is -0.493 e. The lowest BCUT2D eigenvalue weighted by Gasteiger charge is -2.32. The van der Waals surface area contributed by atoms with E-state index in [0.717, 1.165) is 76.0 Å². The van der Waals surface area contributed by atoms with Crippen LogP contribution in [-0.2, 0) is 19.5 Å². The minimum atomic E-state index is -0.490. The molecule has 194 valence electrons. The van der Waals surface area contributed by atoms with E-state index >= 15 is 0 Å². The average Bonchev–Trinajstić information content (AvgIpc) is 3.17. The topological polar surface area (TPSA) is 15.7 Å². The molecule has 0 unspecified atom stereocenters. The summed E-state index contributed by atoms with van der Waals surface area (Å²) in [6.07, 6.45) is 6.19. The van der Waals surface area contributed by atoms with Gasteiger partial charge in [0.05, 0.1) is 6.61 Å². The van der Waals surface area contributed by atoms with Gasteiger partial charge in [-0.2, -0.15) is 0 Å². The van der Waals surface area contributed by atoms with E-state index in [9.17, 15) is 8.78 Å². The molecule has 0 spiro atoms. The Hall–Kier alpha value is -2.66. The first-order chi connectivity index (χ1) is 17.2. The second kappa shape index (κ2) is 11.6. The van der Waals surface area contributed by atoms with Crippen LogP contribution in [0.3, 0.4) is 0 Å². The molecule has 0 aliphatic carbocycles. The van der Waals surface area contributed by atoms with Crippen LogP contribution in [0.1, 0.15) is 60.9 Å². The maximum atomic E-state index is 14.4. The fourth-order valence-electron chi connectivity index (χ4n) is 5.51. The van der Waals surface area contributed by atoms with Crippen molar-refractivity contribution in [2.75, 3.05) is 26.2 Å². The van der Waals surface area contributed by atoms with Gasteiger partial charge >= 0.3 is 0 Å². The molecule has 1 saturated heterocycles. The third-order valence-electron chi connectivity index (χ3n) is 7.43. The third-order valence-corrected chi connectivity index (χ3v) is 7.43. The van der Waals surface area contributed by atoms with Crippen molar-refractivity contribution in [1.82, 2.24) is 9.80 Å². The predicted octanol–water partition coefficient (Wildman–Crippen LogP) is 7.13. The Morgan fingerprint density at radius 3 is 2.75 bits per heavy atom. The van der Waals surface area contributed by atoms with E-state index < -0.39 is 11.6 Å². The summed E-state index contributed by atoms with van der Waals surface area (Å²) in [5, 5.41) is 0. The van der Waals surface area contributed by atoms with Crippen molar-refractivity contribution in [2.24, 2.45) is 11.8 Å². The number of nitrogens with zero attached hydrogens (tertiary/aromatic N) is 2. The summed E-state index contributed by atoms with van der Waals surface area (Å²) < 4.78 is 34.1. The molecule has 1 fully saturated rings. The summed E-state index contributed by atoms with van der Waals surface area (Å²) in [5.74, 6) is 0.843. The van der Waals surface area contributed by atoms with Crippen molar-refractivity contribution >= 4 is 6.08 Å². The van der Waals surface area contributed by atoms with Gasteiger partial charge in [0.15, 0.2) is 0 Å². The Morgan fingerprint density at radius 2 is 2.00 bits per heavy atom. The molecule has 2 aromatic carbocycles. The maximum absolute atomic E-state index is 14.4. The molecule has 0 aromatic heterocycles. The van der Waals surface area contributed by atoms with Crippen molar-refractivity contribution in [3.05, 3.63) is 82.6 Å². The molecule has 0 N–H and O–H groups in total. The average molecular weight is 495 g/mol. The number of fused-ring (bicyclic) bond motifs is 1. The minimum absolute atomic E-state index is 0.310. The lowest BCUT2D eigenvalue weighted by molar-refractivity contribution is 0.255. The highest BCUT2D eigenvalue weighted by Gasteiger charge is 2.28. The largest absolute Gasteiger partial charge is 0.493 e. The molecular formula is C31H40F2N2O. The quantitative estimate of drug-likeness (QED) is 0.369. The van der Waals surface area contributed by atoms with Crippen LogP contribution >= 0.6 is 0 Å². The van der Waals surface area contributed by atoms with Crippen molar-refractivity contribution in [3.8, 4) is 5.75 Å². The van der Waals surface area contributed by atoms with Crippen LogP contribution in [0.4, 0.5) is 8.78 Å². The normalized spacial score (nSPS) is 18.0. The molecule has 2 aromatic rings. The molecule has 3 nitrogen and oxygen atoms in total. The van der Waals surface area contributed by atoms with Crippen molar-refractivity contribution in [2.45, 2.75) is 59.5 Å². The van der Waals surface area contributed by atoms with E-state index in [1.54, 1.807) is 13.0 Å². The number of likely N-dealkylation sites (tertiary alicyclic amines) is 1. The number of aryl methyl sites for hydroxylation is 1. The number of ether oxygens (including phenoxy) is 1. The fourth-order valence-corrected chi connectivity index (χ4v) is 5.51. The molecule has 0 radical (unpaired) electrons. The monoisotopic (exact) mass is 494 g/mol. The van der Waals surface area contributed by atoms with Crippen molar-refractivity contribution in [1.29, 1.82) is 0 Å². The molecule has 4 rings (SSSR count). The SMILES string of the molecule is C=Cc1cc(CN(CC(C)C)C(=C)[C@@H]2CCN(Cc3cc(C)c(F)cc3F)C2)cc2c1CCCCO2. The van der Waals surface area contributed by atoms with Crippen LogP contribution in [0.15, 0.2) is 43.1 Å². The second-order valence-corrected chi connectivity index (χ2v) is 10.9. The molecule has 2 aliphatic heterocycles. The van der Waals surface area contributed by atoms with E-state index in [0.29, 0.717) is 29.5 Å². The van der Waals surface area contributed by atoms with Gasteiger partial charge < -0.3 is 9.64 Å². The van der Waals surface area contributed by atoms with Crippen LogP contribution in [0.2, 0.25) is 0 Å². The lowest BCUT2D eigenvalue weighted by atomic mass is 9.97. The lowest BCUT2D eigenvalue weighted by Crippen LogP contribution is -2.31. The highest BCUT2D eigenvalue weighted by molar-refractivity contribution is 5.58. The number of hydrogen-bond donors (Lipinski definition) is 0. The smallest absolute Gasteiger partial charge is 0.130 e. The van der Waals surface area contributed by atoms with Crippen molar-refractivity contribution < 1.29 is 13.5 Å². The van der Waals surface area contributed by atoms with Crippen LogP contribution in [0, 0.1) is 30.4 Å². The van der Waals surface area contributed by atoms with E-state index in [-0.39, 0.29) is 0 Å². The van der Waals surface area contributed by atoms with Crippen molar-refractivity contribution in [3.63, 3.8) is 0 Å².